The molecular weight excluding hydrogens is 102 g/mol. The van der Waals surface area contributed by atoms with Gasteiger partial charge in [0.05, 0.1) is 0 Å². The van der Waals surface area contributed by atoms with Crippen LogP contribution in [-0.4, -0.2) is 11.2 Å². The molecule has 8 heavy (non-hydrogen) atoms. The van der Waals surface area contributed by atoms with Crippen molar-refractivity contribution >= 4 is 0 Å². The molecule has 0 fully saturated rings. The van der Waals surface area contributed by atoms with E-state index in [1.54, 1.807) is 0 Å². The molecule has 0 aliphatic heterocycles. The van der Waals surface area contributed by atoms with E-state index in [1.807, 2.05) is 6.08 Å². The van der Waals surface area contributed by atoms with Crippen LogP contribution in [0.15, 0.2) is 12.2 Å². The zero-order chi connectivity index (χ0) is 5.82. The lowest BCUT2D eigenvalue weighted by molar-refractivity contribution is 0.137. The van der Waals surface area contributed by atoms with Crippen LogP contribution in [0.3, 0.4) is 0 Å². The SMILES string of the molecule is ON[C@@H]1C=CCCC1. The van der Waals surface area contributed by atoms with E-state index in [9.17, 15) is 0 Å². The van der Waals surface area contributed by atoms with E-state index in [0.29, 0.717) is 0 Å². The first-order valence-electron chi connectivity index (χ1n) is 3.00. The molecule has 0 aromatic carbocycles. The lowest BCUT2D eigenvalue weighted by Crippen LogP contribution is -2.24. The second-order valence-corrected chi connectivity index (χ2v) is 2.09. The summed E-state index contributed by atoms with van der Waals surface area (Å²) in [5.74, 6) is 0. The molecule has 1 atom stereocenters. The van der Waals surface area contributed by atoms with Gasteiger partial charge in [0.15, 0.2) is 0 Å². The highest BCUT2D eigenvalue weighted by molar-refractivity contribution is 4.95. The normalized spacial score (nSPS) is 28.4. The molecule has 1 rings (SSSR count). The Labute approximate surface area is 49.2 Å². The van der Waals surface area contributed by atoms with Gasteiger partial charge in [0.25, 0.3) is 0 Å². The largest absolute Gasteiger partial charge is 0.316 e. The lowest BCUT2D eigenvalue weighted by atomic mass is 10.0. The maximum Gasteiger partial charge on any atom is 0.0499 e. The Kier molecular flexibility index (Phi) is 2.06. The van der Waals surface area contributed by atoms with Crippen molar-refractivity contribution in [1.29, 1.82) is 0 Å². The quantitative estimate of drug-likeness (QED) is 0.394. The number of hydroxylamine groups is 1. The predicted octanol–water partition coefficient (Wildman–Crippen LogP) is 1.07. The van der Waals surface area contributed by atoms with Crippen molar-refractivity contribution in [3.05, 3.63) is 12.2 Å². The van der Waals surface area contributed by atoms with Crippen LogP contribution >= 0.6 is 0 Å². The van der Waals surface area contributed by atoms with Crippen LogP contribution in [0.4, 0.5) is 0 Å². The molecular formula is C6H11NO. The third-order valence-electron chi connectivity index (χ3n) is 1.42. The standard InChI is InChI=1S/C6H11NO/c8-7-6-4-2-1-3-5-6/h2,4,6-8H,1,3,5H2/t6-/m1/s1. The molecule has 0 aromatic heterocycles. The number of hydrogen-bond acceptors (Lipinski definition) is 2. The van der Waals surface area contributed by atoms with Gasteiger partial charge >= 0.3 is 0 Å². The van der Waals surface area contributed by atoms with Crippen molar-refractivity contribution in [1.82, 2.24) is 5.48 Å². The van der Waals surface area contributed by atoms with Gasteiger partial charge in [-0.1, -0.05) is 12.2 Å². The highest BCUT2D eigenvalue weighted by Crippen LogP contribution is 2.08. The van der Waals surface area contributed by atoms with Crippen LogP contribution in [0.2, 0.25) is 0 Å². The summed E-state index contributed by atoms with van der Waals surface area (Å²) in [6, 6.07) is 0.212. The molecule has 0 heterocycles. The number of allylic oxidation sites excluding steroid dienone is 1. The minimum atomic E-state index is 0.212. The van der Waals surface area contributed by atoms with Crippen LogP contribution in [0.25, 0.3) is 0 Å². The maximum absolute atomic E-state index is 8.39. The molecule has 1 aliphatic carbocycles. The number of nitrogens with one attached hydrogen (secondary N) is 1. The third-order valence-corrected chi connectivity index (χ3v) is 1.42. The Morgan fingerprint density at radius 2 is 2.50 bits per heavy atom. The second-order valence-electron chi connectivity index (χ2n) is 2.09. The monoisotopic (exact) mass is 113 g/mol. The topological polar surface area (TPSA) is 32.3 Å². The summed E-state index contributed by atoms with van der Waals surface area (Å²) in [6.07, 6.45) is 7.51. The van der Waals surface area contributed by atoms with Crippen molar-refractivity contribution in [3.63, 3.8) is 0 Å². The molecule has 2 heteroatoms. The molecule has 0 amide bonds. The Morgan fingerprint density at radius 3 is 2.88 bits per heavy atom. The van der Waals surface area contributed by atoms with Gasteiger partial charge in [-0.3, -0.25) is 0 Å². The first-order chi connectivity index (χ1) is 3.93. The average molecular weight is 113 g/mol. The van der Waals surface area contributed by atoms with Crippen LogP contribution in [0.5, 0.6) is 0 Å². The summed E-state index contributed by atoms with van der Waals surface area (Å²) in [6.45, 7) is 0. The zero-order valence-electron chi connectivity index (χ0n) is 4.80. The number of hydrogen-bond donors (Lipinski definition) is 2. The van der Waals surface area contributed by atoms with Crippen LogP contribution < -0.4 is 5.48 Å². The summed E-state index contributed by atoms with van der Waals surface area (Å²) < 4.78 is 0. The average Bonchev–Trinajstić information content (AvgIpc) is 1.90. The minimum Gasteiger partial charge on any atom is -0.316 e. The summed E-state index contributed by atoms with van der Waals surface area (Å²) in [5, 5.41) is 8.39. The van der Waals surface area contributed by atoms with Crippen molar-refractivity contribution in [3.8, 4) is 0 Å². The zero-order valence-corrected chi connectivity index (χ0v) is 4.80. The Balaban J connectivity index is 2.32. The molecule has 46 valence electrons. The lowest BCUT2D eigenvalue weighted by Gasteiger charge is -2.12. The van der Waals surface area contributed by atoms with Crippen LogP contribution in [0, 0.1) is 0 Å². The molecule has 0 spiro atoms. The Morgan fingerprint density at radius 1 is 1.62 bits per heavy atom. The van der Waals surface area contributed by atoms with E-state index in [1.165, 1.54) is 6.42 Å². The van der Waals surface area contributed by atoms with E-state index in [-0.39, 0.29) is 6.04 Å². The summed E-state index contributed by atoms with van der Waals surface area (Å²) in [5.41, 5.74) is 2.22. The van der Waals surface area contributed by atoms with Gasteiger partial charge in [0, 0.05) is 6.04 Å². The maximum atomic E-state index is 8.39. The molecule has 0 saturated heterocycles. The molecule has 1 aliphatic rings. The van der Waals surface area contributed by atoms with Gasteiger partial charge in [-0.25, -0.2) is 0 Å². The fraction of sp³-hybridized carbons (Fsp3) is 0.667. The Hall–Kier alpha value is -0.340. The van der Waals surface area contributed by atoms with E-state index in [4.69, 9.17) is 5.21 Å². The molecule has 0 unspecified atom stereocenters. The fourth-order valence-corrected chi connectivity index (χ4v) is 0.920. The highest BCUT2D eigenvalue weighted by Gasteiger charge is 2.03. The molecule has 0 radical (unpaired) electrons. The first-order valence-corrected chi connectivity index (χ1v) is 3.00. The second kappa shape index (κ2) is 2.84. The molecule has 2 N–H and O–H groups in total. The molecule has 0 saturated carbocycles. The smallest absolute Gasteiger partial charge is 0.0499 e. The van der Waals surface area contributed by atoms with E-state index < -0.39 is 0 Å². The molecule has 0 bridgehead atoms. The number of rotatable bonds is 1. The Bertz CT molecular complexity index is 90.5. The van der Waals surface area contributed by atoms with Gasteiger partial charge in [-0.15, -0.1) is 0 Å². The van der Waals surface area contributed by atoms with E-state index in [0.717, 1.165) is 12.8 Å². The van der Waals surface area contributed by atoms with Crippen molar-refractivity contribution in [2.45, 2.75) is 25.3 Å². The van der Waals surface area contributed by atoms with Gasteiger partial charge in [-0.05, 0) is 19.3 Å². The third kappa shape index (κ3) is 1.32. The summed E-state index contributed by atoms with van der Waals surface area (Å²) in [7, 11) is 0. The minimum absolute atomic E-state index is 0.212. The van der Waals surface area contributed by atoms with E-state index >= 15 is 0 Å². The van der Waals surface area contributed by atoms with Crippen LogP contribution in [0.1, 0.15) is 19.3 Å². The fourth-order valence-electron chi connectivity index (χ4n) is 0.920. The molecule has 2 nitrogen and oxygen atoms in total. The van der Waals surface area contributed by atoms with Crippen LogP contribution in [-0.2, 0) is 0 Å². The van der Waals surface area contributed by atoms with Gasteiger partial charge in [-0.2, -0.15) is 5.48 Å². The van der Waals surface area contributed by atoms with Crippen molar-refractivity contribution in [2.24, 2.45) is 0 Å². The predicted molar refractivity (Wildman–Crippen MR) is 31.7 cm³/mol. The van der Waals surface area contributed by atoms with Gasteiger partial charge in [0.2, 0.25) is 0 Å². The molecule has 0 aromatic rings. The first kappa shape index (κ1) is 5.79. The van der Waals surface area contributed by atoms with Gasteiger partial charge < -0.3 is 5.21 Å². The van der Waals surface area contributed by atoms with Crippen molar-refractivity contribution < 1.29 is 5.21 Å². The van der Waals surface area contributed by atoms with Crippen molar-refractivity contribution in [2.75, 3.05) is 0 Å². The highest BCUT2D eigenvalue weighted by atomic mass is 16.5. The summed E-state index contributed by atoms with van der Waals surface area (Å²) in [4.78, 5) is 0. The van der Waals surface area contributed by atoms with E-state index in [2.05, 4.69) is 11.6 Å². The van der Waals surface area contributed by atoms with Gasteiger partial charge in [0.1, 0.15) is 0 Å². The summed E-state index contributed by atoms with van der Waals surface area (Å²) >= 11 is 0.